The lowest BCUT2D eigenvalue weighted by molar-refractivity contribution is 0.0526. The second-order valence-corrected chi connectivity index (χ2v) is 4.86. The average Bonchev–Trinajstić information content (AvgIpc) is 3.18. The van der Waals surface area contributed by atoms with Crippen LogP contribution in [0.1, 0.15) is 43.5 Å². The fourth-order valence-corrected chi connectivity index (χ4v) is 1.94. The first-order chi connectivity index (χ1) is 8.69. The number of esters is 1. The molecule has 1 fully saturated rings. The lowest BCUT2D eigenvalue weighted by Gasteiger charge is -2.13. The first-order valence-electron chi connectivity index (χ1n) is 6.56. The van der Waals surface area contributed by atoms with Gasteiger partial charge in [-0.3, -0.25) is 0 Å². The molecule has 1 heterocycles. The molecule has 0 aliphatic heterocycles. The topological polar surface area (TPSA) is 51.2 Å². The van der Waals surface area contributed by atoms with Crippen molar-refractivity contribution in [2.24, 2.45) is 5.41 Å². The van der Waals surface area contributed by atoms with E-state index in [0.29, 0.717) is 17.6 Å². The van der Waals surface area contributed by atoms with E-state index < -0.39 is 0 Å². The highest BCUT2D eigenvalue weighted by Gasteiger charge is 2.40. The Balaban J connectivity index is 1.89. The maximum Gasteiger partial charge on any atom is 0.339 e. The van der Waals surface area contributed by atoms with Crippen LogP contribution < -0.4 is 5.32 Å². The second-order valence-electron chi connectivity index (χ2n) is 4.86. The van der Waals surface area contributed by atoms with Crippen LogP contribution in [0, 0.1) is 5.41 Å². The van der Waals surface area contributed by atoms with Gasteiger partial charge >= 0.3 is 5.97 Å². The molecule has 2 rings (SSSR count). The van der Waals surface area contributed by atoms with Gasteiger partial charge in [0.05, 0.1) is 12.2 Å². The molecule has 1 aromatic heterocycles. The minimum atomic E-state index is -0.316. The predicted octanol–water partition coefficient (Wildman–Crippen LogP) is 2.86. The molecule has 18 heavy (non-hydrogen) atoms. The van der Waals surface area contributed by atoms with Crippen molar-refractivity contribution in [2.45, 2.75) is 33.1 Å². The number of pyridine rings is 1. The Kier molecular flexibility index (Phi) is 3.84. The van der Waals surface area contributed by atoms with Crippen molar-refractivity contribution in [3.8, 4) is 0 Å². The summed E-state index contributed by atoms with van der Waals surface area (Å²) in [5, 5.41) is 3.33. The molecule has 0 saturated heterocycles. The highest BCUT2D eigenvalue weighted by Crippen LogP contribution is 2.48. The minimum Gasteiger partial charge on any atom is -0.462 e. The van der Waals surface area contributed by atoms with E-state index in [1.54, 1.807) is 19.2 Å². The normalized spacial score (nSPS) is 16.1. The Bertz CT molecular complexity index is 410. The van der Waals surface area contributed by atoms with Crippen LogP contribution in [0.5, 0.6) is 0 Å². The van der Waals surface area contributed by atoms with Gasteiger partial charge < -0.3 is 10.1 Å². The lowest BCUT2D eigenvalue weighted by atomic mass is 10.0. The van der Waals surface area contributed by atoms with Gasteiger partial charge in [-0.25, -0.2) is 9.78 Å². The predicted molar refractivity (Wildman–Crippen MR) is 70.6 cm³/mol. The molecule has 4 heteroatoms. The van der Waals surface area contributed by atoms with E-state index in [-0.39, 0.29) is 5.97 Å². The zero-order valence-electron chi connectivity index (χ0n) is 11.0. The highest BCUT2D eigenvalue weighted by molar-refractivity contribution is 5.89. The largest absolute Gasteiger partial charge is 0.462 e. The molecule has 1 aliphatic rings. The fourth-order valence-electron chi connectivity index (χ4n) is 1.94. The maximum absolute atomic E-state index is 11.4. The van der Waals surface area contributed by atoms with E-state index in [9.17, 15) is 4.79 Å². The SMILES string of the molecule is CCOC(=O)c1ccc(NCC2(CC)CC2)nc1. The molecule has 0 aromatic carbocycles. The van der Waals surface area contributed by atoms with Gasteiger partial charge in [0, 0.05) is 12.7 Å². The van der Waals surface area contributed by atoms with E-state index >= 15 is 0 Å². The highest BCUT2D eigenvalue weighted by atomic mass is 16.5. The van der Waals surface area contributed by atoms with Crippen molar-refractivity contribution >= 4 is 11.8 Å². The Morgan fingerprint density at radius 1 is 1.44 bits per heavy atom. The van der Waals surface area contributed by atoms with Gasteiger partial charge in [-0.15, -0.1) is 0 Å². The number of hydrogen-bond donors (Lipinski definition) is 1. The third-order valence-corrected chi connectivity index (χ3v) is 3.63. The first kappa shape index (κ1) is 12.9. The molecule has 4 nitrogen and oxygen atoms in total. The molecule has 1 saturated carbocycles. The van der Waals surface area contributed by atoms with Crippen LogP contribution >= 0.6 is 0 Å². The van der Waals surface area contributed by atoms with Gasteiger partial charge in [-0.1, -0.05) is 6.92 Å². The van der Waals surface area contributed by atoms with E-state index in [2.05, 4.69) is 17.2 Å². The molecule has 1 aliphatic carbocycles. The zero-order chi connectivity index (χ0) is 13.0. The number of nitrogens with zero attached hydrogens (tertiary/aromatic N) is 1. The first-order valence-corrected chi connectivity index (χ1v) is 6.56. The minimum absolute atomic E-state index is 0.316. The zero-order valence-corrected chi connectivity index (χ0v) is 11.0. The molecule has 0 bridgehead atoms. The number of hydrogen-bond acceptors (Lipinski definition) is 4. The quantitative estimate of drug-likeness (QED) is 0.786. The third-order valence-electron chi connectivity index (χ3n) is 3.63. The molecule has 0 amide bonds. The Morgan fingerprint density at radius 3 is 2.72 bits per heavy atom. The number of anilines is 1. The van der Waals surface area contributed by atoms with E-state index in [0.717, 1.165) is 12.4 Å². The van der Waals surface area contributed by atoms with Gasteiger partial charge in [0.2, 0.25) is 0 Å². The molecule has 98 valence electrons. The molecule has 0 atom stereocenters. The van der Waals surface area contributed by atoms with Gasteiger partial charge in [-0.2, -0.15) is 0 Å². The van der Waals surface area contributed by atoms with Crippen molar-refractivity contribution < 1.29 is 9.53 Å². The van der Waals surface area contributed by atoms with Gasteiger partial charge in [0.15, 0.2) is 0 Å². The summed E-state index contributed by atoms with van der Waals surface area (Å²) in [6, 6.07) is 3.58. The van der Waals surface area contributed by atoms with Gasteiger partial charge in [-0.05, 0) is 43.7 Å². The number of aromatic nitrogens is 1. The van der Waals surface area contributed by atoms with Gasteiger partial charge in [0.1, 0.15) is 5.82 Å². The van der Waals surface area contributed by atoms with Crippen molar-refractivity contribution in [1.29, 1.82) is 0 Å². The van der Waals surface area contributed by atoms with Crippen LogP contribution in [0.25, 0.3) is 0 Å². The van der Waals surface area contributed by atoms with E-state index in [1.807, 2.05) is 6.07 Å². The summed E-state index contributed by atoms with van der Waals surface area (Å²) >= 11 is 0. The Labute approximate surface area is 108 Å². The Morgan fingerprint density at radius 2 is 2.22 bits per heavy atom. The van der Waals surface area contributed by atoms with Crippen LogP contribution in [0.3, 0.4) is 0 Å². The van der Waals surface area contributed by atoms with Gasteiger partial charge in [0.25, 0.3) is 0 Å². The van der Waals surface area contributed by atoms with Crippen LogP contribution in [-0.2, 0) is 4.74 Å². The van der Waals surface area contributed by atoms with Crippen LogP contribution in [0.4, 0.5) is 5.82 Å². The van der Waals surface area contributed by atoms with E-state index in [1.165, 1.54) is 19.3 Å². The Hall–Kier alpha value is -1.58. The average molecular weight is 248 g/mol. The van der Waals surface area contributed by atoms with Crippen molar-refractivity contribution in [1.82, 2.24) is 4.98 Å². The fraction of sp³-hybridized carbons (Fsp3) is 0.571. The lowest BCUT2D eigenvalue weighted by Crippen LogP contribution is -2.15. The molecular weight excluding hydrogens is 228 g/mol. The molecule has 0 radical (unpaired) electrons. The number of nitrogens with one attached hydrogen (secondary N) is 1. The summed E-state index contributed by atoms with van der Waals surface area (Å²) in [4.78, 5) is 15.7. The monoisotopic (exact) mass is 248 g/mol. The van der Waals surface area contributed by atoms with Crippen LogP contribution in [-0.4, -0.2) is 24.1 Å². The summed E-state index contributed by atoms with van der Waals surface area (Å²) in [6.45, 7) is 5.38. The number of rotatable bonds is 6. The second kappa shape index (κ2) is 5.38. The summed E-state index contributed by atoms with van der Waals surface area (Å²) in [7, 11) is 0. The number of carbonyl (C=O) groups is 1. The molecule has 1 aromatic rings. The van der Waals surface area contributed by atoms with Crippen LogP contribution in [0.2, 0.25) is 0 Å². The molecular formula is C14H20N2O2. The van der Waals surface area contributed by atoms with Crippen LogP contribution in [0.15, 0.2) is 18.3 Å². The van der Waals surface area contributed by atoms with Crippen molar-refractivity contribution in [3.63, 3.8) is 0 Å². The third kappa shape index (κ3) is 3.00. The molecule has 0 unspecified atom stereocenters. The maximum atomic E-state index is 11.4. The summed E-state index contributed by atoms with van der Waals surface area (Å²) in [5.41, 5.74) is 0.987. The smallest absolute Gasteiger partial charge is 0.339 e. The summed E-state index contributed by atoms with van der Waals surface area (Å²) < 4.78 is 4.91. The van der Waals surface area contributed by atoms with E-state index in [4.69, 9.17) is 4.74 Å². The molecule has 1 N–H and O–H groups in total. The molecule has 0 spiro atoms. The van der Waals surface area contributed by atoms with Crippen molar-refractivity contribution in [3.05, 3.63) is 23.9 Å². The van der Waals surface area contributed by atoms with Crippen molar-refractivity contribution in [2.75, 3.05) is 18.5 Å². The summed E-state index contributed by atoms with van der Waals surface area (Å²) in [5.74, 6) is 0.506. The number of carbonyl (C=O) groups excluding carboxylic acids is 1. The summed E-state index contributed by atoms with van der Waals surface area (Å²) in [6.07, 6.45) is 5.38. The standard InChI is InChI=1S/C14H20N2O2/c1-3-14(7-8-14)10-16-12-6-5-11(9-15-12)13(17)18-4-2/h5-6,9H,3-4,7-8,10H2,1-2H3,(H,15,16). The number of ether oxygens (including phenoxy) is 1.